The quantitative estimate of drug-likeness (QED) is 0.0650. The fourth-order valence-electron chi connectivity index (χ4n) is 7.40. The van der Waals surface area contributed by atoms with E-state index in [1.807, 2.05) is 47.3 Å². The van der Waals surface area contributed by atoms with Crippen molar-refractivity contribution in [2.24, 2.45) is 0 Å². The van der Waals surface area contributed by atoms with Crippen LogP contribution in [-0.2, 0) is 9.47 Å². The number of nitrogens with two attached hydrogens (primary N) is 1. The van der Waals surface area contributed by atoms with Crippen LogP contribution < -0.4 is 14.6 Å². The normalized spacial score (nSPS) is 17.7. The monoisotopic (exact) mass is 876 g/mol. The Morgan fingerprint density at radius 3 is 1.47 bits per heavy atom. The fraction of sp³-hybridized carbons (Fsp3) is 0.458. The maximum Gasteiger partial charge on any atom is 0.281 e. The summed E-state index contributed by atoms with van der Waals surface area (Å²) >= 11 is 0. The maximum atomic E-state index is 11.8. The first-order chi connectivity index (χ1) is 29.2. The predicted molar refractivity (Wildman–Crippen MR) is 255 cm³/mol. The number of aromatic nitrogens is 4. The van der Waals surface area contributed by atoms with Gasteiger partial charge in [0.1, 0.15) is 11.5 Å². The van der Waals surface area contributed by atoms with Gasteiger partial charge in [-0.2, -0.15) is 10.2 Å². The second kappa shape index (κ2) is 17.6. The standard InChI is InChI=1S/C24H31N3O4Si.C24H33N3O2Si/c1-24(2,3)32(4,5)31-19-11-9-17(10-12-19)18-14-21-20(22(15-18)27(28)29)16-25-26(21)23-8-6-7-13-30-23;1-24(2,3)30(4,5)29-19-11-9-17(10-12-19)18-14-21(25)20-16-26-27(22(20)15-18)23-8-6-7-13-28-23/h9-12,14-16,23H,6-8,13H2,1-5H3;9-12,14-16,23H,6-8,13,25H2,1-5H3. The molecule has 12 nitrogen and oxygen atoms in total. The van der Waals surface area contributed by atoms with E-state index >= 15 is 0 Å². The van der Waals surface area contributed by atoms with Crippen molar-refractivity contribution >= 4 is 49.8 Å². The Morgan fingerprint density at radius 1 is 0.645 bits per heavy atom. The first-order valence-electron chi connectivity index (χ1n) is 22.0. The molecule has 4 aromatic carbocycles. The van der Waals surface area contributed by atoms with E-state index in [1.165, 1.54) is 0 Å². The van der Waals surface area contributed by atoms with E-state index in [1.54, 1.807) is 16.9 Å². The minimum atomic E-state index is -1.94. The molecule has 0 amide bonds. The number of nitro groups is 1. The van der Waals surface area contributed by atoms with E-state index in [-0.39, 0.29) is 33.1 Å². The highest BCUT2D eigenvalue weighted by Crippen LogP contribution is 2.41. The van der Waals surface area contributed by atoms with E-state index in [4.69, 9.17) is 24.1 Å². The molecule has 0 bridgehead atoms. The van der Waals surface area contributed by atoms with Crippen LogP contribution in [0.1, 0.15) is 92.5 Å². The number of ether oxygens (including phenoxy) is 2. The van der Waals surface area contributed by atoms with Crippen molar-refractivity contribution in [2.45, 2.75) is 129 Å². The molecular weight excluding hydrogens is 813 g/mol. The second-order valence-corrected chi connectivity index (χ2v) is 29.2. The number of nitrogens with zero attached hydrogens (tertiary/aromatic N) is 5. The van der Waals surface area contributed by atoms with Gasteiger partial charge in [0, 0.05) is 30.4 Å². The summed E-state index contributed by atoms with van der Waals surface area (Å²) in [6.45, 7) is 23.8. The van der Waals surface area contributed by atoms with Crippen molar-refractivity contribution in [3.8, 4) is 33.8 Å². The van der Waals surface area contributed by atoms with Gasteiger partial charge in [0.25, 0.3) is 5.69 Å². The van der Waals surface area contributed by atoms with E-state index < -0.39 is 16.6 Å². The zero-order chi connectivity index (χ0) is 44.6. The highest BCUT2D eigenvalue weighted by molar-refractivity contribution is 6.75. The van der Waals surface area contributed by atoms with Crippen molar-refractivity contribution in [3.63, 3.8) is 0 Å². The van der Waals surface area contributed by atoms with Crippen LogP contribution in [0.4, 0.5) is 11.4 Å². The van der Waals surface area contributed by atoms with Gasteiger partial charge < -0.3 is 24.1 Å². The zero-order valence-corrected chi connectivity index (χ0v) is 40.2. The lowest BCUT2D eigenvalue weighted by atomic mass is 10.0. The third-order valence-corrected chi connectivity index (χ3v) is 21.9. The molecule has 2 fully saturated rings. The van der Waals surface area contributed by atoms with Crippen LogP contribution in [0.2, 0.25) is 36.3 Å². The number of nitro benzene ring substituents is 1. The summed E-state index contributed by atoms with van der Waals surface area (Å²) < 4.78 is 28.4. The van der Waals surface area contributed by atoms with Crippen LogP contribution in [0.25, 0.3) is 44.1 Å². The highest BCUT2D eigenvalue weighted by atomic mass is 28.4. The molecule has 2 saturated heterocycles. The van der Waals surface area contributed by atoms with Crippen molar-refractivity contribution in [3.05, 3.63) is 95.3 Å². The van der Waals surface area contributed by atoms with Gasteiger partial charge >= 0.3 is 0 Å². The van der Waals surface area contributed by atoms with Gasteiger partial charge in [-0.15, -0.1) is 0 Å². The molecule has 0 saturated carbocycles. The number of hydrogen-bond acceptors (Lipinski definition) is 9. The van der Waals surface area contributed by atoms with Crippen LogP contribution in [-0.4, -0.2) is 54.3 Å². The average Bonchev–Trinajstić information content (AvgIpc) is 3.86. The van der Waals surface area contributed by atoms with Gasteiger partial charge in [-0.3, -0.25) is 10.1 Å². The number of benzene rings is 4. The van der Waals surface area contributed by atoms with Crippen LogP contribution in [0.15, 0.2) is 85.2 Å². The summed E-state index contributed by atoms with van der Waals surface area (Å²) in [6, 6.07) is 24.0. The molecule has 2 aliphatic rings. The van der Waals surface area contributed by atoms with E-state index in [9.17, 15) is 10.1 Å². The molecule has 330 valence electrons. The largest absolute Gasteiger partial charge is 0.544 e. The predicted octanol–water partition coefficient (Wildman–Crippen LogP) is 13.1. The summed E-state index contributed by atoms with van der Waals surface area (Å²) in [5.41, 5.74) is 12.8. The van der Waals surface area contributed by atoms with Crippen molar-refractivity contribution in [1.82, 2.24) is 19.6 Å². The molecule has 0 radical (unpaired) electrons. The molecule has 62 heavy (non-hydrogen) atoms. The SMILES string of the molecule is CC(C)(C)[Si](C)(C)Oc1ccc(-c2cc(N)c3cnn(C4CCCCO4)c3c2)cc1.CC(C)(C)[Si](C)(C)Oc1ccc(-c2cc([N+](=O)[O-])c3cnn(C4CCCCO4)c3c2)cc1. The number of fused-ring (bicyclic) bond motifs is 2. The molecule has 0 aliphatic carbocycles. The lowest BCUT2D eigenvalue weighted by Gasteiger charge is -2.36. The molecule has 14 heteroatoms. The van der Waals surface area contributed by atoms with Gasteiger partial charge in [-0.05, 0) is 140 Å². The van der Waals surface area contributed by atoms with Gasteiger partial charge in [-0.1, -0.05) is 65.8 Å². The molecule has 2 atom stereocenters. The molecule has 2 aliphatic heterocycles. The lowest BCUT2D eigenvalue weighted by Crippen LogP contribution is -2.43. The molecule has 4 heterocycles. The van der Waals surface area contributed by atoms with Crippen molar-refractivity contribution < 1.29 is 23.2 Å². The smallest absolute Gasteiger partial charge is 0.281 e. The zero-order valence-electron chi connectivity index (χ0n) is 38.2. The summed E-state index contributed by atoms with van der Waals surface area (Å²) in [5, 5.41) is 22.6. The van der Waals surface area contributed by atoms with Gasteiger partial charge in [0.2, 0.25) is 16.6 Å². The highest BCUT2D eigenvalue weighted by Gasteiger charge is 2.40. The lowest BCUT2D eigenvalue weighted by molar-refractivity contribution is -0.383. The van der Waals surface area contributed by atoms with Crippen molar-refractivity contribution in [1.29, 1.82) is 0 Å². The Bertz CT molecular complexity index is 2510. The maximum absolute atomic E-state index is 11.8. The molecule has 2 N–H and O–H groups in total. The Kier molecular flexibility index (Phi) is 12.8. The Balaban J connectivity index is 0.000000187. The van der Waals surface area contributed by atoms with Gasteiger partial charge in [0.15, 0.2) is 12.5 Å². The van der Waals surface area contributed by atoms with Crippen LogP contribution >= 0.6 is 0 Å². The molecular formula is C48H64N6O6Si2. The average molecular weight is 877 g/mol. The van der Waals surface area contributed by atoms with Crippen LogP contribution in [0, 0.1) is 10.1 Å². The number of hydrogen-bond donors (Lipinski definition) is 1. The third-order valence-electron chi connectivity index (χ3n) is 13.2. The molecule has 8 rings (SSSR count). The number of non-ortho nitro benzene ring substituents is 1. The summed E-state index contributed by atoms with van der Waals surface area (Å²) in [4.78, 5) is 11.5. The summed E-state index contributed by atoms with van der Waals surface area (Å²) in [6.07, 6.45) is 9.45. The van der Waals surface area contributed by atoms with Crippen molar-refractivity contribution in [2.75, 3.05) is 18.9 Å². The Morgan fingerprint density at radius 2 is 1.06 bits per heavy atom. The fourth-order valence-corrected chi connectivity index (χ4v) is 9.47. The Hall–Kier alpha value is -5.03. The van der Waals surface area contributed by atoms with E-state index in [2.05, 4.69) is 108 Å². The second-order valence-electron chi connectivity index (χ2n) is 19.8. The first kappa shape index (κ1) is 45.0. The summed E-state index contributed by atoms with van der Waals surface area (Å²) in [5.74, 6) is 1.76. The molecule has 2 unspecified atom stereocenters. The van der Waals surface area contributed by atoms with Gasteiger partial charge in [0.05, 0.1) is 33.7 Å². The third kappa shape index (κ3) is 9.63. The minimum Gasteiger partial charge on any atom is -0.544 e. The summed E-state index contributed by atoms with van der Waals surface area (Å²) in [7, 11) is -3.79. The number of anilines is 1. The number of rotatable bonds is 9. The molecule has 0 spiro atoms. The van der Waals surface area contributed by atoms with Gasteiger partial charge in [-0.25, -0.2) is 9.36 Å². The molecule has 6 aromatic rings. The number of nitrogen functional groups attached to an aromatic ring is 1. The minimum absolute atomic E-state index is 0.00809. The van der Waals surface area contributed by atoms with E-state index in [0.29, 0.717) is 12.0 Å². The topological polar surface area (TPSA) is 142 Å². The molecule has 2 aromatic heterocycles. The first-order valence-corrected chi connectivity index (χ1v) is 27.8. The van der Waals surface area contributed by atoms with E-state index in [0.717, 1.165) is 101 Å². The van der Waals surface area contributed by atoms with Crippen LogP contribution in [0.5, 0.6) is 11.5 Å². The van der Waals surface area contributed by atoms with Crippen LogP contribution in [0.3, 0.4) is 0 Å². The Labute approximate surface area is 368 Å².